The van der Waals surface area contributed by atoms with Crippen LogP contribution in [0.3, 0.4) is 0 Å². The summed E-state index contributed by atoms with van der Waals surface area (Å²) in [5, 5.41) is 2.75. The molecule has 1 aromatic rings. The molecule has 0 radical (unpaired) electrons. The lowest BCUT2D eigenvalue weighted by Crippen LogP contribution is -2.45. The van der Waals surface area contributed by atoms with Crippen LogP contribution in [0.15, 0.2) is 30.3 Å². The first-order chi connectivity index (χ1) is 10.4. The van der Waals surface area contributed by atoms with Gasteiger partial charge in [-0.15, -0.1) is 0 Å². The summed E-state index contributed by atoms with van der Waals surface area (Å²) in [7, 11) is 0. The van der Waals surface area contributed by atoms with Crippen LogP contribution in [0, 0.1) is 5.41 Å². The summed E-state index contributed by atoms with van der Waals surface area (Å²) in [6, 6.07) is 10.5. The molecule has 0 saturated carbocycles. The molecular weight excluding hydrogens is 276 g/mol. The number of hydrogen-bond donors (Lipinski definition) is 1. The number of nitrogens with one attached hydrogen (secondary N) is 1. The highest BCUT2D eigenvalue weighted by Crippen LogP contribution is 2.21. The van der Waals surface area contributed by atoms with Gasteiger partial charge in [-0.05, 0) is 24.8 Å². The van der Waals surface area contributed by atoms with Crippen molar-refractivity contribution < 1.29 is 9.59 Å². The Kier molecular flexibility index (Phi) is 5.22. The number of rotatable bonds is 4. The Morgan fingerprint density at radius 3 is 2.55 bits per heavy atom. The van der Waals surface area contributed by atoms with Crippen molar-refractivity contribution in [1.29, 1.82) is 0 Å². The lowest BCUT2D eigenvalue weighted by molar-refractivity contribution is -0.135. The first kappa shape index (κ1) is 16.5. The molecule has 1 unspecified atom stereocenters. The summed E-state index contributed by atoms with van der Waals surface area (Å²) in [6.07, 6.45) is 2.96. The molecule has 2 rings (SSSR count). The molecule has 4 nitrogen and oxygen atoms in total. The molecular formula is C18H26N2O2. The SMILES string of the molecule is CC(C)(C)C(=O)NCC(=O)N1CCCC1Cc1ccccc1. The average Bonchev–Trinajstić information content (AvgIpc) is 2.92. The Labute approximate surface area is 132 Å². The molecule has 0 spiro atoms. The second kappa shape index (κ2) is 6.95. The fourth-order valence-corrected chi connectivity index (χ4v) is 2.79. The van der Waals surface area contributed by atoms with E-state index >= 15 is 0 Å². The van der Waals surface area contributed by atoms with Crippen molar-refractivity contribution in [2.45, 2.75) is 46.1 Å². The van der Waals surface area contributed by atoms with Crippen LogP contribution in [-0.2, 0) is 16.0 Å². The smallest absolute Gasteiger partial charge is 0.242 e. The molecule has 1 atom stereocenters. The van der Waals surface area contributed by atoms with E-state index in [2.05, 4.69) is 17.4 Å². The Morgan fingerprint density at radius 2 is 1.91 bits per heavy atom. The third-order valence-electron chi connectivity index (χ3n) is 4.09. The van der Waals surface area contributed by atoms with Gasteiger partial charge in [0.2, 0.25) is 11.8 Å². The largest absolute Gasteiger partial charge is 0.347 e. The van der Waals surface area contributed by atoms with Crippen LogP contribution in [0.5, 0.6) is 0 Å². The molecule has 22 heavy (non-hydrogen) atoms. The Hall–Kier alpha value is -1.84. The Bertz CT molecular complexity index is 520. The highest BCUT2D eigenvalue weighted by molar-refractivity contribution is 5.87. The number of benzene rings is 1. The molecule has 2 amide bonds. The Balaban J connectivity index is 1.90. The van der Waals surface area contributed by atoms with Gasteiger partial charge in [0.1, 0.15) is 0 Å². The van der Waals surface area contributed by atoms with E-state index in [4.69, 9.17) is 0 Å². The minimum Gasteiger partial charge on any atom is -0.347 e. The van der Waals surface area contributed by atoms with Crippen molar-refractivity contribution >= 4 is 11.8 Å². The number of carbonyl (C=O) groups excluding carboxylic acids is 2. The number of carbonyl (C=O) groups is 2. The van der Waals surface area contributed by atoms with Crippen molar-refractivity contribution in [3.63, 3.8) is 0 Å². The van der Waals surface area contributed by atoms with E-state index in [1.807, 2.05) is 43.9 Å². The summed E-state index contributed by atoms with van der Waals surface area (Å²) >= 11 is 0. The summed E-state index contributed by atoms with van der Waals surface area (Å²) < 4.78 is 0. The molecule has 1 aromatic carbocycles. The summed E-state index contributed by atoms with van der Waals surface area (Å²) in [6.45, 7) is 6.44. The van der Waals surface area contributed by atoms with Gasteiger partial charge in [-0.3, -0.25) is 9.59 Å². The molecule has 4 heteroatoms. The fraction of sp³-hybridized carbons (Fsp3) is 0.556. The van der Waals surface area contributed by atoms with E-state index < -0.39 is 5.41 Å². The molecule has 0 aromatic heterocycles. The fourth-order valence-electron chi connectivity index (χ4n) is 2.79. The van der Waals surface area contributed by atoms with Gasteiger partial charge in [-0.25, -0.2) is 0 Å². The van der Waals surface area contributed by atoms with Crippen molar-refractivity contribution in [3.8, 4) is 0 Å². The summed E-state index contributed by atoms with van der Waals surface area (Å²) in [4.78, 5) is 26.2. The zero-order valence-corrected chi connectivity index (χ0v) is 13.8. The highest BCUT2D eigenvalue weighted by atomic mass is 16.2. The zero-order valence-electron chi connectivity index (χ0n) is 13.8. The number of nitrogens with zero attached hydrogens (tertiary/aromatic N) is 1. The van der Waals surface area contributed by atoms with Gasteiger partial charge in [0.25, 0.3) is 0 Å². The van der Waals surface area contributed by atoms with Gasteiger partial charge in [0.05, 0.1) is 6.54 Å². The minimum absolute atomic E-state index is 0.0241. The highest BCUT2D eigenvalue weighted by Gasteiger charge is 2.29. The Morgan fingerprint density at radius 1 is 1.23 bits per heavy atom. The van der Waals surface area contributed by atoms with Gasteiger partial charge in [0.15, 0.2) is 0 Å². The van der Waals surface area contributed by atoms with Crippen LogP contribution in [0.4, 0.5) is 0 Å². The second-order valence-corrected chi connectivity index (χ2v) is 7.01. The van der Waals surface area contributed by atoms with Crippen LogP contribution in [0.25, 0.3) is 0 Å². The lowest BCUT2D eigenvalue weighted by atomic mass is 9.96. The van der Waals surface area contributed by atoms with Crippen LogP contribution >= 0.6 is 0 Å². The summed E-state index contributed by atoms with van der Waals surface area (Å²) in [5.41, 5.74) is 0.792. The first-order valence-corrected chi connectivity index (χ1v) is 7.99. The molecule has 120 valence electrons. The standard InChI is InChI=1S/C18H26N2O2/c1-18(2,3)17(22)19-13-16(21)20-11-7-10-15(20)12-14-8-5-4-6-9-14/h4-6,8-9,15H,7,10-13H2,1-3H3,(H,19,22). The normalized spacial score (nSPS) is 18.3. The van der Waals surface area contributed by atoms with Gasteiger partial charge in [-0.1, -0.05) is 51.1 Å². The molecule has 1 N–H and O–H groups in total. The van der Waals surface area contributed by atoms with E-state index in [-0.39, 0.29) is 24.4 Å². The molecule has 1 fully saturated rings. The molecule has 1 heterocycles. The molecule has 1 aliphatic rings. The predicted molar refractivity (Wildman–Crippen MR) is 87.3 cm³/mol. The van der Waals surface area contributed by atoms with Gasteiger partial charge in [0, 0.05) is 18.0 Å². The monoisotopic (exact) mass is 302 g/mol. The molecule has 0 aliphatic carbocycles. The van der Waals surface area contributed by atoms with Crippen molar-refractivity contribution in [3.05, 3.63) is 35.9 Å². The number of amides is 2. The number of hydrogen-bond acceptors (Lipinski definition) is 2. The van der Waals surface area contributed by atoms with Crippen molar-refractivity contribution in [2.24, 2.45) is 5.41 Å². The van der Waals surface area contributed by atoms with E-state index in [0.717, 1.165) is 25.8 Å². The van der Waals surface area contributed by atoms with E-state index in [1.165, 1.54) is 5.56 Å². The van der Waals surface area contributed by atoms with Crippen LogP contribution in [-0.4, -0.2) is 35.8 Å². The van der Waals surface area contributed by atoms with Crippen LogP contribution in [0.2, 0.25) is 0 Å². The van der Waals surface area contributed by atoms with Crippen molar-refractivity contribution in [1.82, 2.24) is 10.2 Å². The zero-order chi connectivity index (χ0) is 16.2. The minimum atomic E-state index is -0.464. The van der Waals surface area contributed by atoms with E-state index in [0.29, 0.717) is 0 Å². The van der Waals surface area contributed by atoms with Crippen LogP contribution in [0.1, 0.15) is 39.2 Å². The van der Waals surface area contributed by atoms with Gasteiger partial charge in [-0.2, -0.15) is 0 Å². The lowest BCUT2D eigenvalue weighted by Gasteiger charge is -2.26. The quantitative estimate of drug-likeness (QED) is 0.928. The van der Waals surface area contributed by atoms with E-state index in [1.54, 1.807) is 0 Å². The topological polar surface area (TPSA) is 49.4 Å². The maximum absolute atomic E-state index is 12.4. The maximum atomic E-state index is 12.4. The van der Waals surface area contributed by atoms with Crippen LogP contribution < -0.4 is 5.32 Å². The van der Waals surface area contributed by atoms with Gasteiger partial charge >= 0.3 is 0 Å². The van der Waals surface area contributed by atoms with E-state index in [9.17, 15) is 9.59 Å². The molecule has 1 aliphatic heterocycles. The third-order valence-corrected chi connectivity index (χ3v) is 4.09. The van der Waals surface area contributed by atoms with Gasteiger partial charge < -0.3 is 10.2 Å². The summed E-state index contributed by atoms with van der Waals surface area (Å²) in [5.74, 6) is -0.0595. The number of likely N-dealkylation sites (tertiary alicyclic amines) is 1. The maximum Gasteiger partial charge on any atom is 0.242 e. The average molecular weight is 302 g/mol. The third kappa shape index (κ3) is 4.33. The second-order valence-electron chi connectivity index (χ2n) is 7.01. The molecule has 1 saturated heterocycles. The first-order valence-electron chi connectivity index (χ1n) is 7.99. The van der Waals surface area contributed by atoms with Crippen molar-refractivity contribution in [2.75, 3.05) is 13.1 Å². The molecule has 0 bridgehead atoms. The predicted octanol–water partition coefficient (Wildman–Crippen LogP) is 2.38.